The molecule has 0 radical (unpaired) electrons. The maximum absolute atomic E-state index is 6.10. The van der Waals surface area contributed by atoms with Crippen molar-refractivity contribution in [3.8, 4) is 0 Å². The van der Waals surface area contributed by atoms with Crippen LogP contribution in [0, 0.1) is 5.92 Å². The van der Waals surface area contributed by atoms with Gasteiger partial charge in [0.25, 0.3) is 0 Å². The van der Waals surface area contributed by atoms with E-state index in [4.69, 9.17) is 5.73 Å². The highest BCUT2D eigenvalue weighted by Crippen LogP contribution is 2.36. The van der Waals surface area contributed by atoms with Gasteiger partial charge in [-0.1, -0.05) is 13.3 Å². The highest BCUT2D eigenvalue weighted by molar-refractivity contribution is 4.97. The minimum Gasteiger partial charge on any atom is -0.329 e. The van der Waals surface area contributed by atoms with Crippen molar-refractivity contribution in [2.75, 3.05) is 13.6 Å². The first-order valence-corrected chi connectivity index (χ1v) is 7.37. The predicted molar refractivity (Wildman–Crippen MR) is 77.5 cm³/mol. The van der Waals surface area contributed by atoms with E-state index in [1.165, 1.54) is 32.1 Å². The van der Waals surface area contributed by atoms with Crippen molar-refractivity contribution >= 4 is 0 Å². The van der Waals surface area contributed by atoms with Crippen molar-refractivity contribution in [3.05, 3.63) is 24.3 Å². The molecule has 1 saturated carbocycles. The summed E-state index contributed by atoms with van der Waals surface area (Å²) >= 11 is 0. The van der Waals surface area contributed by atoms with E-state index in [0.29, 0.717) is 0 Å². The van der Waals surface area contributed by atoms with Gasteiger partial charge in [0.05, 0.1) is 6.54 Å². The summed E-state index contributed by atoms with van der Waals surface area (Å²) in [6.07, 6.45) is 9.91. The van der Waals surface area contributed by atoms with Crippen molar-refractivity contribution in [2.45, 2.75) is 51.1 Å². The van der Waals surface area contributed by atoms with Crippen molar-refractivity contribution < 1.29 is 0 Å². The first-order valence-electron chi connectivity index (χ1n) is 7.37. The zero-order chi connectivity index (χ0) is 13.7. The molecular weight excluding hydrogens is 236 g/mol. The fourth-order valence-corrected chi connectivity index (χ4v) is 3.16. The van der Waals surface area contributed by atoms with Crippen LogP contribution in [0.5, 0.6) is 0 Å². The molecule has 1 heterocycles. The van der Waals surface area contributed by atoms with E-state index < -0.39 is 0 Å². The number of rotatable bonds is 5. The number of nitrogens with two attached hydrogens (primary N) is 1. The Hall–Kier alpha value is -1.00. The molecule has 1 aliphatic rings. The molecule has 1 aromatic rings. The van der Waals surface area contributed by atoms with Crippen LogP contribution in [0.2, 0.25) is 0 Å². The van der Waals surface area contributed by atoms with Crippen LogP contribution in [0.4, 0.5) is 0 Å². The van der Waals surface area contributed by atoms with Crippen LogP contribution < -0.4 is 5.73 Å². The van der Waals surface area contributed by atoms with Gasteiger partial charge in [-0.2, -0.15) is 0 Å². The monoisotopic (exact) mass is 262 g/mol. The summed E-state index contributed by atoms with van der Waals surface area (Å²) in [5.74, 6) is 1.77. The number of likely N-dealkylation sites (N-methyl/N-ethyl adjacent to an activating group) is 1. The molecular formula is C15H26N4. The summed E-state index contributed by atoms with van der Waals surface area (Å²) < 4.78 is 0. The molecule has 0 aliphatic heterocycles. The van der Waals surface area contributed by atoms with Gasteiger partial charge in [0.2, 0.25) is 0 Å². The number of hydrogen-bond acceptors (Lipinski definition) is 4. The minimum atomic E-state index is 0.144. The standard InChI is InChI=1S/C15H26N4/c1-3-13-5-7-15(12-16,8-6-13)19(2)11-14-17-9-4-10-18-14/h4,9-10,13H,3,5-8,11-12,16H2,1-2H3. The third-order valence-electron chi connectivity index (χ3n) is 4.80. The molecule has 106 valence electrons. The van der Waals surface area contributed by atoms with Crippen molar-refractivity contribution in [1.82, 2.24) is 14.9 Å². The fourth-order valence-electron chi connectivity index (χ4n) is 3.16. The SMILES string of the molecule is CCC1CCC(CN)(N(C)Cc2ncccn2)CC1. The number of nitrogens with zero attached hydrogens (tertiary/aromatic N) is 3. The van der Waals surface area contributed by atoms with E-state index in [0.717, 1.165) is 24.8 Å². The molecule has 0 amide bonds. The molecule has 0 atom stereocenters. The molecule has 0 bridgehead atoms. The first kappa shape index (κ1) is 14.4. The van der Waals surface area contributed by atoms with Crippen LogP contribution in [0.15, 0.2) is 18.5 Å². The van der Waals surface area contributed by atoms with Gasteiger partial charge in [-0.25, -0.2) is 9.97 Å². The lowest BCUT2D eigenvalue weighted by atomic mass is 9.74. The van der Waals surface area contributed by atoms with Gasteiger partial charge < -0.3 is 5.73 Å². The second kappa shape index (κ2) is 6.44. The third kappa shape index (κ3) is 3.31. The van der Waals surface area contributed by atoms with Gasteiger partial charge in [-0.15, -0.1) is 0 Å². The molecule has 0 unspecified atom stereocenters. The molecule has 4 nitrogen and oxygen atoms in total. The Kier molecular flexibility index (Phi) is 4.88. The Balaban J connectivity index is 2.01. The minimum absolute atomic E-state index is 0.144. The van der Waals surface area contributed by atoms with Gasteiger partial charge in [0, 0.05) is 24.5 Å². The zero-order valence-corrected chi connectivity index (χ0v) is 12.2. The highest BCUT2D eigenvalue weighted by atomic mass is 15.2. The Morgan fingerprint density at radius 1 is 1.32 bits per heavy atom. The Labute approximate surface area is 116 Å². The Morgan fingerprint density at radius 2 is 1.95 bits per heavy atom. The van der Waals surface area contributed by atoms with Crippen LogP contribution in [0.1, 0.15) is 44.9 Å². The quantitative estimate of drug-likeness (QED) is 0.884. The molecule has 1 aliphatic carbocycles. The largest absolute Gasteiger partial charge is 0.329 e. The molecule has 1 fully saturated rings. The molecule has 4 heteroatoms. The second-order valence-corrected chi connectivity index (χ2v) is 5.80. The van der Waals surface area contributed by atoms with E-state index >= 15 is 0 Å². The van der Waals surface area contributed by atoms with E-state index in [9.17, 15) is 0 Å². The van der Waals surface area contributed by atoms with E-state index in [1.807, 2.05) is 6.07 Å². The molecule has 2 rings (SSSR count). The highest BCUT2D eigenvalue weighted by Gasteiger charge is 2.37. The van der Waals surface area contributed by atoms with Crippen molar-refractivity contribution in [1.29, 1.82) is 0 Å². The summed E-state index contributed by atoms with van der Waals surface area (Å²) in [5.41, 5.74) is 6.24. The van der Waals surface area contributed by atoms with Gasteiger partial charge in [-0.3, -0.25) is 4.90 Å². The fraction of sp³-hybridized carbons (Fsp3) is 0.733. The smallest absolute Gasteiger partial charge is 0.142 e. The van der Waals surface area contributed by atoms with Crippen molar-refractivity contribution in [2.24, 2.45) is 11.7 Å². The van der Waals surface area contributed by atoms with Crippen LogP contribution in [0.3, 0.4) is 0 Å². The Bertz CT molecular complexity index is 371. The average Bonchev–Trinajstić information content (AvgIpc) is 2.48. The molecule has 19 heavy (non-hydrogen) atoms. The van der Waals surface area contributed by atoms with E-state index in [-0.39, 0.29) is 5.54 Å². The lowest BCUT2D eigenvalue weighted by molar-refractivity contribution is 0.0559. The van der Waals surface area contributed by atoms with Crippen LogP contribution in [-0.2, 0) is 6.54 Å². The maximum Gasteiger partial charge on any atom is 0.142 e. The normalized spacial score (nSPS) is 27.7. The Morgan fingerprint density at radius 3 is 2.47 bits per heavy atom. The van der Waals surface area contributed by atoms with E-state index in [2.05, 4.69) is 28.8 Å². The van der Waals surface area contributed by atoms with Gasteiger partial charge in [0.1, 0.15) is 5.82 Å². The van der Waals surface area contributed by atoms with Crippen LogP contribution in [-0.4, -0.2) is 34.0 Å². The lowest BCUT2D eigenvalue weighted by Crippen LogP contribution is -2.53. The average molecular weight is 262 g/mol. The summed E-state index contributed by atoms with van der Waals surface area (Å²) in [6, 6.07) is 1.86. The number of hydrogen-bond donors (Lipinski definition) is 1. The van der Waals surface area contributed by atoms with Gasteiger partial charge in [0.15, 0.2) is 0 Å². The van der Waals surface area contributed by atoms with Crippen molar-refractivity contribution in [3.63, 3.8) is 0 Å². The molecule has 2 N–H and O–H groups in total. The van der Waals surface area contributed by atoms with Crippen LogP contribution in [0.25, 0.3) is 0 Å². The predicted octanol–water partition coefficient (Wildman–Crippen LogP) is 2.21. The van der Waals surface area contributed by atoms with Gasteiger partial charge >= 0.3 is 0 Å². The van der Waals surface area contributed by atoms with Gasteiger partial charge in [-0.05, 0) is 44.7 Å². The number of aromatic nitrogens is 2. The lowest BCUT2D eigenvalue weighted by Gasteiger charge is -2.45. The maximum atomic E-state index is 6.10. The second-order valence-electron chi connectivity index (χ2n) is 5.80. The summed E-state index contributed by atoms with van der Waals surface area (Å²) in [6.45, 7) is 3.81. The topological polar surface area (TPSA) is 55.0 Å². The molecule has 0 spiro atoms. The summed E-state index contributed by atoms with van der Waals surface area (Å²) in [5, 5.41) is 0. The zero-order valence-electron chi connectivity index (χ0n) is 12.2. The summed E-state index contributed by atoms with van der Waals surface area (Å²) in [7, 11) is 2.16. The van der Waals surface area contributed by atoms with Crippen LogP contribution >= 0.6 is 0 Å². The summed E-state index contributed by atoms with van der Waals surface area (Å²) in [4.78, 5) is 11.0. The third-order valence-corrected chi connectivity index (χ3v) is 4.80. The van der Waals surface area contributed by atoms with E-state index in [1.54, 1.807) is 12.4 Å². The molecule has 1 aromatic heterocycles. The molecule has 0 aromatic carbocycles. The molecule has 0 saturated heterocycles. The first-order chi connectivity index (χ1) is 9.20.